The van der Waals surface area contributed by atoms with Crippen LogP contribution < -0.4 is 20.7 Å². The molecule has 0 amide bonds. The Hall–Kier alpha value is -2.05. The summed E-state index contributed by atoms with van der Waals surface area (Å²) in [6.45, 7) is 2.03. The molecule has 19 heavy (non-hydrogen) atoms. The Morgan fingerprint density at radius 1 is 1.26 bits per heavy atom. The molecule has 2 aromatic rings. The molecule has 1 aliphatic heterocycles. The number of aryl methyl sites for hydroxylation is 1. The maximum Gasteiger partial charge on any atom is 0.231 e. The summed E-state index contributed by atoms with van der Waals surface area (Å²) in [5, 5.41) is 0.470. The van der Waals surface area contributed by atoms with Crippen LogP contribution in [0.1, 0.15) is 5.69 Å². The number of nitrogens with two attached hydrogens (primary N) is 1. The van der Waals surface area contributed by atoms with Crippen LogP contribution in [0.2, 0.25) is 5.02 Å². The van der Waals surface area contributed by atoms with E-state index in [0.717, 1.165) is 11.3 Å². The molecule has 7 heteroatoms. The van der Waals surface area contributed by atoms with Crippen LogP contribution in [-0.4, -0.2) is 16.8 Å². The summed E-state index contributed by atoms with van der Waals surface area (Å²) in [5.41, 5.74) is 4.05. The highest BCUT2D eigenvalue weighted by Gasteiger charge is 2.19. The van der Waals surface area contributed by atoms with E-state index in [0.29, 0.717) is 28.2 Å². The number of ether oxygens (including phenoxy) is 2. The van der Waals surface area contributed by atoms with E-state index in [1.807, 2.05) is 6.92 Å². The Kier molecular flexibility index (Phi) is 2.88. The number of aromatic nitrogens is 2. The molecule has 0 aliphatic carbocycles. The lowest BCUT2D eigenvalue weighted by molar-refractivity contribution is 0.174. The van der Waals surface area contributed by atoms with Crippen molar-refractivity contribution in [3.63, 3.8) is 0 Å². The number of hydrazine groups is 1. The smallest absolute Gasteiger partial charge is 0.231 e. The highest BCUT2D eigenvalue weighted by atomic mass is 35.5. The van der Waals surface area contributed by atoms with Gasteiger partial charge in [-0.05, 0) is 19.1 Å². The van der Waals surface area contributed by atoms with Gasteiger partial charge >= 0.3 is 0 Å². The largest absolute Gasteiger partial charge is 0.454 e. The summed E-state index contributed by atoms with van der Waals surface area (Å²) in [5.74, 6) is 7.58. The SMILES string of the molecule is Cc1cc(NN)nc(-c2cc(Cl)c3c(c2)OCO3)n1. The number of nitrogens with zero attached hydrogens (tertiary/aromatic N) is 2. The van der Waals surface area contributed by atoms with Crippen LogP contribution in [0, 0.1) is 6.92 Å². The average molecular weight is 279 g/mol. The van der Waals surface area contributed by atoms with E-state index < -0.39 is 0 Å². The number of rotatable bonds is 2. The van der Waals surface area contributed by atoms with Crippen molar-refractivity contribution in [1.29, 1.82) is 0 Å². The number of halogens is 1. The molecule has 1 aromatic carbocycles. The minimum Gasteiger partial charge on any atom is -0.454 e. The Balaban J connectivity index is 2.12. The predicted octanol–water partition coefficient (Wildman–Crippen LogP) is 2.12. The van der Waals surface area contributed by atoms with Crippen LogP contribution in [0.4, 0.5) is 5.82 Å². The first-order valence-electron chi connectivity index (χ1n) is 5.59. The highest BCUT2D eigenvalue weighted by Crippen LogP contribution is 2.41. The first kappa shape index (κ1) is 12.0. The van der Waals surface area contributed by atoms with E-state index in [1.165, 1.54) is 0 Å². The van der Waals surface area contributed by atoms with Gasteiger partial charge in [0.2, 0.25) is 6.79 Å². The topological polar surface area (TPSA) is 82.3 Å². The van der Waals surface area contributed by atoms with Crippen molar-refractivity contribution in [2.24, 2.45) is 5.84 Å². The number of nitrogens with one attached hydrogen (secondary N) is 1. The summed E-state index contributed by atoms with van der Waals surface area (Å²) in [6.07, 6.45) is 0. The van der Waals surface area contributed by atoms with Crippen LogP contribution in [0.5, 0.6) is 11.5 Å². The van der Waals surface area contributed by atoms with Gasteiger partial charge in [-0.15, -0.1) is 0 Å². The van der Waals surface area contributed by atoms with Gasteiger partial charge in [0.25, 0.3) is 0 Å². The summed E-state index contributed by atoms with van der Waals surface area (Å²) < 4.78 is 10.6. The molecule has 2 heterocycles. The third-order valence-electron chi connectivity index (χ3n) is 2.69. The third-order valence-corrected chi connectivity index (χ3v) is 2.97. The molecule has 1 aliphatic rings. The minimum absolute atomic E-state index is 0.169. The predicted molar refractivity (Wildman–Crippen MR) is 71.1 cm³/mol. The summed E-state index contributed by atoms with van der Waals surface area (Å²) >= 11 is 6.14. The van der Waals surface area contributed by atoms with Crippen molar-refractivity contribution in [3.8, 4) is 22.9 Å². The molecule has 0 radical (unpaired) electrons. The van der Waals surface area contributed by atoms with E-state index >= 15 is 0 Å². The second-order valence-corrected chi connectivity index (χ2v) is 4.46. The van der Waals surface area contributed by atoms with Crippen LogP contribution in [0.25, 0.3) is 11.4 Å². The number of benzene rings is 1. The van der Waals surface area contributed by atoms with E-state index in [2.05, 4.69) is 15.4 Å². The average Bonchev–Trinajstić information content (AvgIpc) is 2.86. The standard InChI is InChI=1S/C12H11ClN4O2/c1-6-2-10(17-14)16-12(15-6)7-3-8(13)11-9(4-7)18-5-19-11/h2-4H,5,14H2,1H3,(H,15,16,17). The number of anilines is 1. The van der Waals surface area contributed by atoms with Gasteiger partial charge < -0.3 is 14.9 Å². The number of fused-ring (bicyclic) bond motifs is 1. The molecule has 1 aromatic heterocycles. The fraction of sp³-hybridized carbons (Fsp3) is 0.167. The van der Waals surface area contributed by atoms with Gasteiger partial charge in [0.15, 0.2) is 17.3 Å². The van der Waals surface area contributed by atoms with Crippen molar-refractivity contribution in [2.45, 2.75) is 6.92 Å². The lowest BCUT2D eigenvalue weighted by Gasteiger charge is -2.07. The van der Waals surface area contributed by atoms with Gasteiger partial charge in [0, 0.05) is 17.3 Å². The lowest BCUT2D eigenvalue weighted by atomic mass is 10.2. The second kappa shape index (κ2) is 4.56. The number of hydrogen-bond donors (Lipinski definition) is 2. The number of nitrogen functional groups attached to an aromatic ring is 1. The molecule has 0 bridgehead atoms. The zero-order valence-electron chi connectivity index (χ0n) is 10.1. The van der Waals surface area contributed by atoms with Crippen molar-refractivity contribution < 1.29 is 9.47 Å². The minimum atomic E-state index is 0.169. The Bertz CT molecular complexity index is 648. The third kappa shape index (κ3) is 2.16. The van der Waals surface area contributed by atoms with E-state index in [1.54, 1.807) is 18.2 Å². The lowest BCUT2D eigenvalue weighted by Crippen LogP contribution is -2.09. The molecule has 3 rings (SSSR count). The Labute approximate surface area is 114 Å². The van der Waals surface area contributed by atoms with Crippen LogP contribution in [0.15, 0.2) is 18.2 Å². The summed E-state index contributed by atoms with van der Waals surface area (Å²) in [6, 6.07) is 5.28. The molecule has 3 N–H and O–H groups in total. The molecular formula is C12H11ClN4O2. The zero-order valence-corrected chi connectivity index (χ0v) is 10.9. The summed E-state index contributed by atoms with van der Waals surface area (Å²) in [4.78, 5) is 8.64. The van der Waals surface area contributed by atoms with Gasteiger partial charge in [-0.3, -0.25) is 0 Å². The second-order valence-electron chi connectivity index (χ2n) is 4.05. The van der Waals surface area contributed by atoms with Crippen LogP contribution in [0.3, 0.4) is 0 Å². The normalized spacial score (nSPS) is 12.6. The number of hydrogen-bond acceptors (Lipinski definition) is 6. The molecule has 98 valence electrons. The Morgan fingerprint density at radius 2 is 2.11 bits per heavy atom. The Morgan fingerprint density at radius 3 is 2.89 bits per heavy atom. The monoisotopic (exact) mass is 278 g/mol. The molecule has 0 fully saturated rings. The first-order valence-corrected chi connectivity index (χ1v) is 5.97. The van der Waals surface area contributed by atoms with Gasteiger partial charge in [-0.25, -0.2) is 15.8 Å². The first-order chi connectivity index (χ1) is 9.17. The molecular weight excluding hydrogens is 268 g/mol. The zero-order chi connectivity index (χ0) is 13.4. The molecule has 0 atom stereocenters. The van der Waals surface area contributed by atoms with Crippen molar-refractivity contribution in [2.75, 3.05) is 12.2 Å². The maximum atomic E-state index is 6.14. The van der Waals surface area contributed by atoms with E-state index in [-0.39, 0.29) is 6.79 Å². The van der Waals surface area contributed by atoms with E-state index in [4.69, 9.17) is 26.9 Å². The highest BCUT2D eigenvalue weighted by molar-refractivity contribution is 6.32. The van der Waals surface area contributed by atoms with Gasteiger partial charge in [0.1, 0.15) is 5.82 Å². The van der Waals surface area contributed by atoms with Gasteiger partial charge in [-0.2, -0.15) is 0 Å². The van der Waals surface area contributed by atoms with Crippen LogP contribution >= 0.6 is 11.6 Å². The fourth-order valence-corrected chi connectivity index (χ4v) is 2.13. The maximum absolute atomic E-state index is 6.14. The van der Waals surface area contributed by atoms with Crippen LogP contribution in [-0.2, 0) is 0 Å². The fourth-order valence-electron chi connectivity index (χ4n) is 1.87. The van der Waals surface area contributed by atoms with Gasteiger partial charge in [-0.1, -0.05) is 11.6 Å². The molecule has 0 unspecified atom stereocenters. The molecule has 0 saturated heterocycles. The van der Waals surface area contributed by atoms with E-state index in [9.17, 15) is 0 Å². The molecule has 6 nitrogen and oxygen atoms in total. The molecule has 0 spiro atoms. The summed E-state index contributed by atoms with van der Waals surface area (Å²) in [7, 11) is 0. The van der Waals surface area contributed by atoms with Crippen molar-refractivity contribution in [1.82, 2.24) is 9.97 Å². The quantitative estimate of drug-likeness (QED) is 0.647. The van der Waals surface area contributed by atoms with Crippen molar-refractivity contribution >= 4 is 17.4 Å². The molecule has 0 saturated carbocycles. The van der Waals surface area contributed by atoms with Gasteiger partial charge in [0.05, 0.1) is 5.02 Å². The van der Waals surface area contributed by atoms with Crippen molar-refractivity contribution in [3.05, 3.63) is 28.9 Å².